The maximum atomic E-state index is 12.3. The van der Waals surface area contributed by atoms with Crippen LogP contribution < -0.4 is 0 Å². The summed E-state index contributed by atoms with van der Waals surface area (Å²) in [6.07, 6.45) is 4.01. The number of nitrogens with zero attached hydrogens (tertiary/aromatic N) is 4. The second kappa shape index (κ2) is 7.66. The van der Waals surface area contributed by atoms with Crippen LogP contribution in [-0.2, 0) is 24.1 Å². The summed E-state index contributed by atoms with van der Waals surface area (Å²) in [6.45, 7) is 3.56. The molecule has 5 nitrogen and oxygen atoms in total. The van der Waals surface area contributed by atoms with Crippen molar-refractivity contribution < 1.29 is 4.79 Å². The van der Waals surface area contributed by atoms with E-state index in [-0.39, 0.29) is 5.91 Å². The molecule has 1 fully saturated rings. The summed E-state index contributed by atoms with van der Waals surface area (Å²) in [7, 11) is 2.09. The van der Waals surface area contributed by atoms with E-state index in [9.17, 15) is 4.79 Å². The summed E-state index contributed by atoms with van der Waals surface area (Å²) in [5, 5.41) is 3.10. The van der Waals surface area contributed by atoms with Crippen molar-refractivity contribution in [1.29, 1.82) is 0 Å². The van der Waals surface area contributed by atoms with Crippen LogP contribution >= 0.6 is 11.3 Å². The normalized spacial score (nSPS) is 15.8. The van der Waals surface area contributed by atoms with E-state index in [2.05, 4.69) is 21.9 Å². The van der Waals surface area contributed by atoms with E-state index in [0.717, 1.165) is 55.4 Å². The second-order valence-electron chi connectivity index (χ2n) is 5.91. The number of aromatic nitrogens is 2. The van der Waals surface area contributed by atoms with E-state index in [4.69, 9.17) is 0 Å². The van der Waals surface area contributed by atoms with Gasteiger partial charge in [0.25, 0.3) is 0 Å². The van der Waals surface area contributed by atoms with Crippen LogP contribution in [0.5, 0.6) is 0 Å². The van der Waals surface area contributed by atoms with E-state index in [0.29, 0.717) is 6.42 Å². The molecular weight excluding hydrogens is 308 g/mol. The molecule has 0 unspecified atom stereocenters. The number of rotatable bonds is 5. The predicted molar refractivity (Wildman–Crippen MR) is 91.5 cm³/mol. The summed E-state index contributed by atoms with van der Waals surface area (Å²) in [4.78, 5) is 25.5. The van der Waals surface area contributed by atoms with Crippen molar-refractivity contribution in [3.8, 4) is 0 Å². The van der Waals surface area contributed by atoms with Gasteiger partial charge in [0.05, 0.1) is 17.1 Å². The summed E-state index contributed by atoms with van der Waals surface area (Å²) in [5.74, 6) is 0.194. The zero-order valence-electron chi connectivity index (χ0n) is 13.4. The molecule has 1 aliphatic rings. The number of carbonyl (C=O) groups is 1. The Morgan fingerprint density at radius 2 is 2.00 bits per heavy atom. The molecule has 0 aromatic carbocycles. The Kier molecular flexibility index (Phi) is 5.35. The predicted octanol–water partition coefficient (Wildman–Crippen LogP) is 1.64. The van der Waals surface area contributed by atoms with Crippen LogP contribution in [0.4, 0.5) is 0 Å². The molecule has 3 rings (SSSR count). The number of carbonyl (C=O) groups excluding carboxylic acids is 1. The average molecular weight is 330 g/mol. The van der Waals surface area contributed by atoms with Crippen LogP contribution in [-0.4, -0.2) is 58.9 Å². The summed E-state index contributed by atoms with van der Waals surface area (Å²) >= 11 is 1.64. The van der Waals surface area contributed by atoms with Crippen LogP contribution in [0.3, 0.4) is 0 Å². The van der Waals surface area contributed by atoms with Crippen LogP contribution in [0.1, 0.15) is 16.4 Å². The number of thiazole rings is 1. The Bertz CT molecular complexity index is 635. The van der Waals surface area contributed by atoms with Gasteiger partial charge < -0.3 is 9.80 Å². The Labute approximate surface area is 141 Å². The Morgan fingerprint density at radius 3 is 2.74 bits per heavy atom. The fraction of sp³-hybridized carbons (Fsp3) is 0.471. The van der Waals surface area contributed by atoms with Gasteiger partial charge in [-0.1, -0.05) is 6.07 Å². The van der Waals surface area contributed by atoms with Gasteiger partial charge in [0.15, 0.2) is 0 Å². The molecule has 122 valence electrons. The number of amides is 1. The number of aryl methyl sites for hydroxylation is 2. The molecule has 23 heavy (non-hydrogen) atoms. The molecule has 2 aromatic rings. The lowest BCUT2D eigenvalue weighted by atomic mass is 10.2. The smallest absolute Gasteiger partial charge is 0.228 e. The van der Waals surface area contributed by atoms with Crippen molar-refractivity contribution >= 4 is 17.2 Å². The minimum absolute atomic E-state index is 0.194. The molecule has 0 atom stereocenters. The highest BCUT2D eigenvalue weighted by Gasteiger charge is 2.19. The highest BCUT2D eigenvalue weighted by Crippen LogP contribution is 2.14. The van der Waals surface area contributed by atoms with E-state index >= 15 is 0 Å². The first-order valence-corrected chi connectivity index (χ1v) is 8.88. The molecule has 3 heterocycles. The van der Waals surface area contributed by atoms with Gasteiger partial charge in [0.1, 0.15) is 0 Å². The topological polar surface area (TPSA) is 49.3 Å². The average Bonchev–Trinajstić information content (AvgIpc) is 3.02. The van der Waals surface area contributed by atoms with E-state index in [1.54, 1.807) is 11.3 Å². The quantitative estimate of drug-likeness (QED) is 0.836. The van der Waals surface area contributed by atoms with Gasteiger partial charge in [-0.15, -0.1) is 11.3 Å². The maximum Gasteiger partial charge on any atom is 0.228 e. The Morgan fingerprint density at radius 1 is 1.17 bits per heavy atom. The fourth-order valence-electron chi connectivity index (χ4n) is 2.65. The van der Waals surface area contributed by atoms with E-state index in [1.807, 2.05) is 34.7 Å². The number of hydrogen-bond acceptors (Lipinski definition) is 5. The minimum Gasteiger partial charge on any atom is -0.340 e. The minimum atomic E-state index is 0.194. The summed E-state index contributed by atoms with van der Waals surface area (Å²) in [6, 6.07) is 5.96. The molecule has 2 aromatic heterocycles. The lowest BCUT2D eigenvalue weighted by Gasteiger charge is -2.32. The molecular formula is C17H22N4OS. The van der Waals surface area contributed by atoms with Crippen LogP contribution in [0, 0.1) is 0 Å². The van der Waals surface area contributed by atoms with Crippen molar-refractivity contribution in [3.63, 3.8) is 0 Å². The van der Waals surface area contributed by atoms with Gasteiger partial charge in [-0.05, 0) is 25.6 Å². The van der Waals surface area contributed by atoms with Crippen LogP contribution in [0.15, 0.2) is 29.8 Å². The van der Waals surface area contributed by atoms with E-state index in [1.165, 1.54) is 0 Å². The van der Waals surface area contributed by atoms with Crippen molar-refractivity contribution in [1.82, 2.24) is 19.8 Å². The molecule has 0 N–H and O–H groups in total. The first-order valence-electron chi connectivity index (χ1n) is 8.00. The third kappa shape index (κ3) is 4.59. The first kappa shape index (κ1) is 16.1. The van der Waals surface area contributed by atoms with Crippen molar-refractivity contribution in [3.05, 3.63) is 46.2 Å². The third-order valence-electron chi connectivity index (χ3n) is 4.11. The third-order valence-corrected chi connectivity index (χ3v) is 5.07. The molecule has 0 spiro atoms. The van der Waals surface area contributed by atoms with Gasteiger partial charge in [0, 0.05) is 49.9 Å². The van der Waals surface area contributed by atoms with Crippen molar-refractivity contribution in [2.45, 2.75) is 19.3 Å². The zero-order valence-corrected chi connectivity index (χ0v) is 14.3. The number of likely N-dealkylation sites (N-methyl/N-ethyl adjacent to an activating group) is 1. The summed E-state index contributed by atoms with van der Waals surface area (Å²) in [5.41, 5.74) is 1.98. The molecule has 6 heteroatoms. The zero-order chi connectivity index (χ0) is 16.1. The van der Waals surface area contributed by atoms with E-state index < -0.39 is 0 Å². The Hall–Kier alpha value is -1.79. The fourth-order valence-corrected chi connectivity index (χ4v) is 3.45. The first-order chi connectivity index (χ1) is 11.2. The number of hydrogen-bond donors (Lipinski definition) is 0. The van der Waals surface area contributed by atoms with Crippen LogP contribution in [0.2, 0.25) is 0 Å². The lowest BCUT2D eigenvalue weighted by molar-refractivity contribution is -0.132. The highest BCUT2D eigenvalue weighted by atomic mass is 32.1. The molecule has 1 saturated heterocycles. The van der Waals surface area contributed by atoms with Crippen molar-refractivity contribution in [2.75, 3.05) is 33.2 Å². The molecule has 0 saturated carbocycles. The highest BCUT2D eigenvalue weighted by molar-refractivity contribution is 7.09. The van der Waals surface area contributed by atoms with Gasteiger partial charge in [-0.3, -0.25) is 9.78 Å². The van der Waals surface area contributed by atoms with Gasteiger partial charge in [-0.2, -0.15) is 0 Å². The standard InChI is InChI=1S/C17H22N4OS/c1-20-8-10-21(11-9-20)17(22)12-15-13-23-16(19-15)6-5-14-4-2-3-7-18-14/h2-4,7,13H,5-6,8-12H2,1H3. The molecule has 1 amide bonds. The van der Waals surface area contributed by atoms with Gasteiger partial charge >= 0.3 is 0 Å². The SMILES string of the molecule is CN1CCN(C(=O)Cc2csc(CCc3ccccn3)n2)CC1. The monoisotopic (exact) mass is 330 g/mol. The van der Waals surface area contributed by atoms with Crippen LogP contribution in [0.25, 0.3) is 0 Å². The molecule has 0 aliphatic carbocycles. The lowest BCUT2D eigenvalue weighted by Crippen LogP contribution is -2.47. The molecule has 0 radical (unpaired) electrons. The maximum absolute atomic E-state index is 12.3. The van der Waals surface area contributed by atoms with Crippen molar-refractivity contribution in [2.24, 2.45) is 0 Å². The molecule has 0 bridgehead atoms. The Balaban J connectivity index is 1.50. The summed E-state index contributed by atoms with van der Waals surface area (Å²) < 4.78 is 0. The van der Waals surface area contributed by atoms with Gasteiger partial charge in [-0.25, -0.2) is 4.98 Å². The molecule has 1 aliphatic heterocycles. The second-order valence-corrected chi connectivity index (χ2v) is 6.86. The largest absolute Gasteiger partial charge is 0.340 e. The number of pyridine rings is 1. The number of piperazine rings is 1. The van der Waals surface area contributed by atoms with Gasteiger partial charge in [0.2, 0.25) is 5.91 Å².